The lowest BCUT2D eigenvalue weighted by Crippen LogP contribution is -2.31. The van der Waals surface area contributed by atoms with Crippen LogP contribution in [0.15, 0.2) is 60.7 Å². The van der Waals surface area contributed by atoms with Crippen LogP contribution in [0, 0.1) is 12.8 Å². The number of aryl methyl sites for hydroxylation is 1. The molecule has 2 heterocycles. The van der Waals surface area contributed by atoms with Crippen LogP contribution in [0.3, 0.4) is 0 Å². The molecule has 0 spiro atoms. The molecule has 1 amide bonds. The standard InChI is InChI=1S/C27H28N4O3/c1-16(2)18-10-12-19(13-11-18)24-23(25(32)20-7-6-8-21(15-20)30(4)5)26(33)27(34)31(24)22-14-9-17(3)28-29-22/h6-16,23-24H,1-5H3. The molecule has 1 saturated heterocycles. The molecule has 34 heavy (non-hydrogen) atoms. The minimum Gasteiger partial charge on any atom is -0.378 e. The van der Waals surface area contributed by atoms with Crippen LogP contribution in [0.1, 0.15) is 53.0 Å². The first-order valence-corrected chi connectivity index (χ1v) is 11.3. The molecule has 7 nitrogen and oxygen atoms in total. The van der Waals surface area contributed by atoms with Crippen molar-refractivity contribution in [2.45, 2.75) is 32.7 Å². The maximum atomic E-state index is 13.7. The number of carbonyl (C=O) groups excluding carboxylic acids is 3. The molecule has 0 saturated carbocycles. The Kier molecular flexibility index (Phi) is 6.28. The first kappa shape index (κ1) is 23.3. The van der Waals surface area contributed by atoms with Gasteiger partial charge in [-0.15, -0.1) is 5.10 Å². The van der Waals surface area contributed by atoms with Gasteiger partial charge in [-0.1, -0.05) is 50.2 Å². The Bertz CT molecular complexity index is 1230. The molecule has 4 rings (SSSR count). The van der Waals surface area contributed by atoms with Gasteiger partial charge in [0.25, 0.3) is 5.91 Å². The highest BCUT2D eigenvalue weighted by molar-refractivity contribution is 6.48. The molecule has 2 aromatic carbocycles. The summed E-state index contributed by atoms with van der Waals surface area (Å²) in [7, 11) is 3.76. The van der Waals surface area contributed by atoms with Crippen molar-refractivity contribution in [3.05, 3.63) is 83.0 Å². The van der Waals surface area contributed by atoms with Crippen molar-refractivity contribution in [2.75, 3.05) is 23.9 Å². The summed E-state index contributed by atoms with van der Waals surface area (Å²) in [6.45, 7) is 5.98. The van der Waals surface area contributed by atoms with Crippen LogP contribution in [0.2, 0.25) is 0 Å². The quantitative estimate of drug-likeness (QED) is 0.315. The van der Waals surface area contributed by atoms with E-state index in [1.54, 1.807) is 37.3 Å². The third-order valence-corrected chi connectivity index (χ3v) is 6.21. The van der Waals surface area contributed by atoms with Gasteiger partial charge in [0.1, 0.15) is 5.92 Å². The maximum absolute atomic E-state index is 13.7. The third kappa shape index (κ3) is 4.21. The van der Waals surface area contributed by atoms with Crippen LogP contribution < -0.4 is 9.80 Å². The summed E-state index contributed by atoms with van der Waals surface area (Å²) in [4.78, 5) is 43.4. The molecule has 1 aliphatic rings. The largest absolute Gasteiger partial charge is 0.378 e. The van der Waals surface area contributed by atoms with Gasteiger partial charge in [0, 0.05) is 25.3 Å². The smallest absolute Gasteiger partial charge is 0.297 e. The summed E-state index contributed by atoms with van der Waals surface area (Å²) in [6.07, 6.45) is 0. The molecule has 1 aliphatic heterocycles. The lowest BCUT2D eigenvalue weighted by Gasteiger charge is -2.26. The van der Waals surface area contributed by atoms with Gasteiger partial charge in [0.15, 0.2) is 11.6 Å². The van der Waals surface area contributed by atoms with E-state index in [2.05, 4.69) is 24.0 Å². The van der Waals surface area contributed by atoms with Gasteiger partial charge < -0.3 is 4.90 Å². The van der Waals surface area contributed by atoms with Crippen LogP contribution in [0.25, 0.3) is 0 Å². The summed E-state index contributed by atoms with van der Waals surface area (Å²) in [6, 6.07) is 17.4. The normalized spacial score (nSPS) is 18.0. The molecule has 0 radical (unpaired) electrons. The molecule has 3 aromatic rings. The molecule has 1 fully saturated rings. The van der Waals surface area contributed by atoms with Crippen LogP contribution in [0.4, 0.5) is 11.5 Å². The van der Waals surface area contributed by atoms with E-state index in [-0.39, 0.29) is 11.6 Å². The monoisotopic (exact) mass is 456 g/mol. The highest BCUT2D eigenvalue weighted by Gasteiger charge is 2.52. The van der Waals surface area contributed by atoms with Gasteiger partial charge >= 0.3 is 0 Å². The van der Waals surface area contributed by atoms with Crippen LogP contribution in [-0.2, 0) is 9.59 Å². The van der Waals surface area contributed by atoms with Crippen molar-refractivity contribution in [2.24, 2.45) is 5.92 Å². The Morgan fingerprint density at radius 3 is 2.26 bits per heavy atom. The summed E-state index contributed by atoms with van der Waals surface area (Å²) in [5.41, 5.74) is 3.74. The first-order valence-electron chi connectivity index (χ1n) is 11.3. The van der Waals surface area contributed by atoms with Crippen LogP contribution >= 0.6 is 0 Å². The Labute approximate surface area is 199 Å². The fourth-order valence-electron chi connectivity index (χ4n) is 4.24. The van der Waals surface area contributed by atoms with E-state index in [4.69, 9.17) is 0 Å². The highest BCUT2D eigenvalue weighted by Crippen LogP contribution is 2.41. The number of hydrogen-bond donors (Lipinski definition) is 0. The molecule has 2 atom stereocenters. The Hall–Kier alpha value is -3.87. The zero-order valence-corrected chi connectivity index (χ0v) is 20.0. The second-order valence-corrected chi connectivity index (χ2v) is 9.13. The molecular formula is C27H28N4O3. The number of rotatable bonds is 6. The summed E-state index contributed by atoms with van der Waals surface area (Å²) >= 11 is 0. The second kappa shape index (κ2) is 9.17. The number of hydrogen-bond acceptors (Lipinski definition) is 6. The van der Waals surface area contributed by atoms with E-state index in [1.165, 1.54) is 4.90 Å². The molecule has 174 valence electrons. The average molecular weight is 457 g/mol. The molecule has 1 aromatic heterocycles. The molecule has 0 aliphatic carbocycles. The van der Waals surface area contributed by atoms with E-state index in [1.807, 2.05) is 49.3 Å². The number of benzene rings is 2. The lowest BCUT2D eigenvalue weighted by molar-refractivity contribution is -0.135. The van der Waals surface area contributed by atoms with Crippen molar-refractivity contribution in [1.29, 1.82) is 0 Å². The number of amides is 1. The van der Waals surface area contributed by atoms with E-state index in [0.29, 0.717) is 22.7 Å². The molecule has 0 N–H and O–H groups in total. The zero-order valence-electron chi connectivity index (χ0n) is 20.0. The fourth-order valence-corrected chi connectivity index (χ4v) is 4.24. The van der Waals surface area contributed by atoms with Gasteiger partial charge in [-0.25, -0.2) is 0 Å². The van der Waals surface area contributed by atoms with E-state index < -0.39 is 23.7 Å². The number of aromatic nitrogens is 2. The predicted molar refractivity (Wildman–Crippen MR) is 131 cm³/mol. The van der Waals surface area contributed by atoms with Crippen molar-refractivity contribution < 1.29 is 14.4 Å². The van der Waals surface area contributed by atoms with Crippen molar-refractivity contribution >= 4 is 29.0 Å². The molecule has 0 bridgehead atoms. The number of Topliss-reactive ketones (excluding diaryl/α,β-unsaturated/α-hetero) is 2. The predicted octanol–water partition coefficient (Wildman–Crippen LogP) is 4.13. The van der Waals surface area contributed by atoms with Gasteiger partial charge in [-0.3, -0.25) is 19.3 Å². The fraction of sp³-hybridized carbons (Fsp3) is 0.296. The minimum absolute atomic E-state index is 0.249. The Morgan fingerprint density at radius 1 is 0.971 bits per heavy atom. The zero-order chi connectivity index (χ0) is 24.6. The topological polar surface area (TPSA) is 83.5 Å². The maximum Gasteiger partial charge on any atom is 0.297 e. The van der Waals surface area contributed by atoms with Crippen molar-refractivity contribution in [1.82, 2.24) is 10.2 Å². The van der Waals surface area contributed by atoms with Crippen LogP contribution in [-0.4, -0.2) is 41.8 Å². The summed E-state index contributed by atoms with van der Waals surface area (Å²) < 4.78 is 0. The van der Waals surface area contributed by atoms with E-state index in [0.717, 1.165) is 11.3 Å². The van der Waals surface area contributed by atoms with Gasteiger partial charge in [0.2, 0.25) is 5.78 Å². The summed E-state index contributed by atoms with van der Waals surface area (Å²) in [5.74, 6) is -2.48. The molecule has 2 unspecified atom stereocenters. The summed E-state index contributed by atoms with van der Waals surface area (Å²) in [5, 5.41) is 8.22. The van der Waals surface area contributed by atoms with Gasteiger partial charge in [-0.2, -0.15) is 5.10 Å². The van der Waals surface area contributed by atoms with Crippen LogP contribution in [0.5, 0.6) is 0 Å². The Balaban J connectivity index is 1.83. The highest BCUT2D eigenvalue weighted by atomic mass is 16.2. The molecular weight excluding hydrogens is 428 g/mol. The number of anilines is 2. The van der Waals surface area contributed by atoms with E-state index >= 15 is 0 Å². The van der Waals surface area contributed by atoms with Crippen molar-refractivity contribution in [3.8, 4) is 0 Å². The lowest BCUT2D eigenvalue weighted by atomic mass is 9.85. The van der Waals surface area contributed by atoms with E-state index in [9.17, 15) is 14.4 Å². The van der Waals surface area contributed by atoms with Gasteiger partial charge in [-0.05, 0) is 48.2 Å². The number of carbonyl (C=O) groups is 3. The molecule has 7 heteroatoms. The van der Waals surface area contributed by atoms with Gasteiger partial charge in [0.05, 0.1) is 11.7 Å². The SMILES string of the molecule is Cc1ccc(N2C(=O)C(=O)C(C(=O)c3cccc(N(C)C)c3)C2c2ccc(C(C)C)cc2)nn1. The second-order valence-electron chi connectivity index (χ2n) is 9.13. The average Bonchev–Trinajstić information content (AvgIpc) is 3.09. The number of ketones is 2. The Morgan fingerprint density at radius 2 is 1.68 bits per heavy atom. The third-order valence-electron chi connectivity index (χ3n) is 6.21. The number of nitrogens with zero attached hydrogens (tertiary/aromatic N) is 4. The minimum atomic E-state index is -1.18. The first-order chi connectivity index (χ1) is 16.2. The van der Waals surface area contributed by atoms with Crippen molar-refractivity contribution in [3.63, 3.8) is 0 Å².